The van der Waals surface area contributed by atoms with E-state index in [1.807, 2.05) is 0 Å². The Hall–Kier alpha value is -2.66. The van der Waals surface area contributed by atoms with E-state index < -0.39 is 89.6 Å². The van der Waals surface area contributed by atoms with Crippen molar-refractivity contribution in [3.05, 3.63) is 0 Å². The molecule has 0 aromatic carbocycles. The topological polar surface area (TPSA) is 252 Å². The third-order valence-electron chi connectivity index (χ3n) is 5.65. The van der Waals surface area contributed by atoms with Crippen LogP contribution in [0.2, 0.25) is 0 Å². The number of hydrogen-bond acceptors (Lipinski definition) is 11. The average molecular weight is 616 g/mol. The maximum absolute atomic E-state index is 12.4. The molecule has 0 aliphatic heterocycles. The molecule has 0 saturated heterocycles. The smallest absolute Gasteiger partial charge is 0.472 e. The lowest BCUT2D eigenvalue weighted by atomic mass is 10.1. The highest BCUT2D eigenvalue weighted by Gasteiger charge is 2.30. The second kappa shape index (κ2) is 21.1. The lowest BCUT2D eigenvalue weighted by Crippen LogP contribution is -2.52. The predicted octanol–water partition coefficient (Wildman–Crippen LogP) is 0.178. The number of rotatable bonds is 27. The van der Waals surface area contributed by atoms with Crippen molar-refractivity contribution in [3.63, 3.8) is 0 Å². The molecule has 0 spiro atoms. The molecule has 0 aromatic heterocycles. The summed E-state index contributed by atoms with van der Waals surface area (Å²) < 4.78 is 22.4. The zero-order valence-electron chi connectivity index (χ0n) is 23.1. The molecule has 0 aliphatic rings. The molecule has 18 heteroatoms. The number of carboxylic acid groups (broad SMARTS) is 5. The Bertz CT molecular complexity index is 858. The standard InChI is InChI=1S/C23H42N3O14P/c1-2-3-4-5-6-7-10-39-41(37,38)40-17-18(26(15-22(33)34)16-23(35)36)11-24(12-19(27)28)8-9-25(13-20(29)30)14-21(31)32/h18H,2-17H2,1H3,(H,27,28)(H,29,30)(H,31,32)(H,33,34)(H,35,36)(H,37,38)/t18-/m1/s1. The summed E-state index contributed by atoms with van der Waals surface area (Å²) >= 11 is 0. The molecule has 6 N–H and O–H groups in total. The van der Waals surface area contributed by atoms with Gasteiger partial charge in [0, 0.05) is 25.7 Å². The van der Waals surface area contributed by atoms with E-state index in [4.69, 9.17) is 19.3 Å². The van der Waals surface area contributed by atoms with Crippen molar-refractivity contribution < 1.29 is 68.0 Å². The van der Waals surface area contributed by atoms with E-state index in [1.165, 1.54) is 4.90 Å². The fourth-order valence-corrected chi connectivity index (χ4v) is 4.61. The summed E-state index contributed by atoms with van der Waals surface area (Å²) in [5.74, 6) is -6.85. The third kappa shape index (κ3) is 21.7. The number of carboxylic acids is 5. The van der Waals surface area contributed by atoms with Crippen LogP contribution in [-0.2, 0) is 37.6 Å². The predicted molar refractivity (Wildman–Crippen MR) is 142 cm³/mol. The number of unbranched alkanes of at least 4 members (excludes halogenated alkanes) is 5. The highest BCUT2D eigenvalue weighted by molar-refractivity contribution is 7.47. The number of aliphatic carboxylic acids is 5. The number of phosphoric ester groups is 1. The summed E-state index contributed by atoms with van der Waals surface area (Å²) in [5, 5.41) is 46.0. The molecule has 1 unspecified atom stereocenters. The molecule has 41 heavy (non-hydrogen) atoms. The van der Waals surface area contributed by atoms with Crippen molar-refractivity contribution in [1.82, 2.24) is 14.7 Å². The zero-order chi connectivity index (χ0) is 31.4. The second-order valence-electron chi connectivity index (χ2n) is 9.34. The van der Waals surface area contributed by atoms with Crippen LogP contribution in [0, 0.1) is 0 Å². The quantitative estimate of drug-likeness (QED) is 0.0532. The summed E-state index contributed by atoms with van der Waals surface area (Å²) in [6.07, 6.45) is 5.32. The summed E-state index contributed by atoms with van der Waals surface area (Å²) in [6, 6.07) is -1.24. The van der Waals surface area contributed by atoms with Crippen LogP contribution in [0.4, 0.5) is 0 Å². The molecular formula is C23H42N3O14P. The Morgan fingerprint density at radius 1 is 0.659 bits per heavy atom. The Labute approximate surface area is 237 Å². The number of carbonyl (C=O) groups is 5. The number of nitrogens with zero attached hydrogens (tertiary/aromatic N) is 3. The largest absolute Gasteiger partial charge is 0.480 e. The van der Waals surface area contributed by atoms with Crippen molar-refractivity contribution >= 4 is 37.7 Å². The van der Waals surface area contributed by atoms with Gasteiger partial charge in [-0.25, -0.2) is 4.57 Å². The Kier molecular flexibility index (Phi) is 19.7. The van der Waals surface area contributed by atoms with Gasteiger partial charge in [0.1, 0.15) is 0 Å². The molecule has 238 valence electrons. The molecule has 0 aliphatic carbocycles. The first-order chi connectivity index (χ1) is 19.1. The summed E-state index contributed by atoms with van der Waals surface area (Å²) in [5.41, 5.74) is 0. The van der Waals surface area contributed by atoms with Crippen molar-refractivity contribution in [1.29, 1.82) is 0 Å². The molecule has 0 aromatic rings. The second-order valence-corrected chi connectivity index (χ2v) is 10.8. The fourth-order valence-electron chi connectivity index (χ4n) is 3.82. The lowest BCUT2D eigenvalue weighted by Gasteiger charge is -2.34. The van der Waals surface area contributed by atoms with E-state index in [9.17, 15) is 48.8 Å². The van der Waals surface area contributed by atoms with Crippen molar-refractivity contribution in [2.45, 2.75) is 51.5 Å². The van der Waals surface area contributed by atoms with Crippen LogP contribution >= 0.6 is 7.82 Å². The van der Waals surface area contributed by atoms with E-state index >= 15 is 0 Å². The van der Waals surface area contributed by atoms with Crippen molar-refractivity contribution in [2.75, 3.05) is 65.6 Å². The van der Waals surface area contributed by atoms with E-state index in [-0.39, 0.29) is 19.7 Å². The first-order valence-corrected chi connectivity index (χ1v) is 14.5. The van der Waals surface area contributed by atoms with Crippen LogP contribution in [0.5, 0.6) is 0 Å². The molecule has 0 heterocycles. The first kappa shape index (κ1) is 38.3. The summed E-state index contributed by atoms with van der Waals surface area (Å²) in [7, 11) is -4.64. The Balaban J connectivity index is 5.64. The van der Waals surface area contributed by atoms with Crippen LogP contribution in [0.3, 0.4) is 0 Å². The normalized spacial score (nSPS) is 13.8. The average Bonchev–Trinajstić information content (AvgIpc) is 2.82. The minimum Gasteiger partial charge on any atom is -0.480 e. The molecular weight excluding hydrogens is 573 g/mol. The SMILES string of the molecule is CCCCCCCCOP(=O)(O)OC[C@@H](CN(CCN(CC(=O)O)CC(=O)O)CC(=O)O)N(CC(=O)O)CC(=O)O. The van der Waals surface area contributed by atoms with Gasteiger partial charge in [-0.05, 0) is 6.42 Å². The number of hydrogen-bond donors (Lipinski definition) is 6. The van der Waals surface area contributed by atoms with Gasteiger partial charge in [-0.3, -0.25) is 47.7 Å². The summed E-state index contributed by atoms with van der Waals surface area (Å²) in [4.78, 5) is 69.7. The lowest BCUT2D eigenvalue weighted by molar-refractivity contribution is -0.145. The van der Waals surface area contributed by atoms with E-state index in [1.54, 1.807) is 0 Å². The molecule has 0 fully saturated rings. The van der Waals surface area contributed by atoms with Crippen molar-refractivity contribution in [3.8, 4) is 0 Å². The van der Waals surface area contributed by atoms with Crippen LogP contribution in [0.15, 0.2) is 0 Å². The van der Waals surface area contributed by atoms with Gasteiger partial charge in [0.2, 0.25) is 0 Å². The maximum atomic E-state index is 12.4. The molecule has 2 atom stereocenters. The maximum Gasteiger partial charge on any atom is 0.472 e. The van der Waals surface area contributed by atoms with Crippen LogP contribution in [0.1, 0.15) is 45.4 Å². The van der Waals surface area contributed by atoms with E-state index in [2.05, 4.69) is 6.92 Å². The molecule has 0 saturated carbocycles. The molecule has 0 amide bonds. The van der Waals surface area contributed by atoms with Crippen LogP contribution in [0.25, 0.3) is 0 Å². The van der Waals surface area contributed by atoms with Crippen LogP contribution < -0.4 is 0 Å². The zero-order valence-corrected chi connectivity index (χ0v) is 24.0. The fraction of sp³-hybridized carbons (Fsp3) is 0.783. The Morgan fingerprint density at radius 3 is 1.59 bits per heavy atom. The highest BCUT2D eigenvalue weighted by atomic mass is 31.2. The first-order valence-electron chi connectivity index (χ1n) is 13.0. The highest BCUT2D eigenvalue weighted by Crippen LogP contribution is 2.43. The molecule has 0 bridgehead atoms. The molecule has 17 nitrogen and oxygen atoms in total. The summed E-state index contributed by atoms with van der Waals surface area (Å²) in [6.45, 7) is -3.23. The van der Waals surface area contributed by atoms with Gasteiger partial charge in [-0.2, -0.15) is 0 Å². The Morgan fingerprint density at radius 2 is 1.10 bits per heavy atom. The van der Waals surface area contributed by atoms with E-state index in [0.29, 0.717) is 6.42 Å². The minimum absolute atomic E-state index is 0.0906. The van der Waals surface area contributed by atoms with Gasteiger partial charge in [0.15, 0.2) is 0 Å². The molecule has 0 radical (unpaired) electrons. The van der Waals surface area contributed by atoms with Gasteiger partial charge in [-0.15, -0.1) is 0 Å². The van der Waals surface area contributed by atoms with E-state index in [0.717, 1.165) is 41.9 Å². The van der Waals surface area contributed by atoms with Gasteiger partial charge in [-0.1, -0.05) is 39.0 Å². The van der Waals surface area contributed by atoms with Crippen molar-refractivity contribution in [2.24, 2.45) is 0 Å². The van der Waals surface area contributed by atoms with Gasteiger partial charge >= 0.3 is 37.7 Å². The van der Waals surface area contributed by atoms with Gasteiger partial charge < -0.3 is 30.4 Å². The van der Waals surface area contributed by atoms with Gasteiger partial charge in [0.25, 0.3) is 0 Å². The molecule has 0 rings (SSSR count). The van der Waals surface area contributed by atoms with Crippen LogP contribution in [-0.4, -0.2) is 147 Å². The monoisotopic (exact) mass is 615 g/mol. The third-order valence-corrected chi connectivity index (χ3v) is 6.64. The van der Waals surface area contributed by atoms with Gasteiger partial charge in [0.05, 0.1) is 45.9 Å². The minimum atomic E-state index is -4.64. The number of phosphoric acid groups is 1.